The van der Waals surface area contributed by atoms with Gasteiger partial charge in [0.05, 0.1) is 0 Å². The number of nitrogens with one attached hydrogen (secondary N) is 1. The van der Waals surface area contributed by atoms with Gasteiger partial charge in [0.1, 0.15) is 0 Å². The lowest BCUT2D eigenvalue weighted by Gasteiger charge is -2.25. The minimum Gasteiger partial charge on any atom is -0.396 e. The first kappa shape index (κ1) is 12.5. The summed E-state index contributed by atoms with van der Waals surface area (Å²) in [5, 5.41) is 12.0. The van der Waals surface area contributed by atoms with Crippen molar-refractivity contribution in [3.8, 4) is 0 Å². The third-order valence-corrected chi connectivity index (χ3v) is 3.23. The van der Waals surface area contributed by atoms with Gasteiger partial charge in [-0.1, -0.05) is 20.3 Å². The van der Waals surface area contributed by atoms with Gasteiger partial charge in [0.2, 0.25) is 5.91 Å². The van der Waals surface area contributed by atoms with Crippen LogP contribution in [0.25, 0.3) is 0 Å². The van der Waals surface area contributed by atoms with Gasteiger partial charge in [-0.2, -0.15) is 0 Å². The van der Waals surface area contributed by atoms with Gasteiger partial charge in [-0.15, -0.1) is 0 Å². The summed E-state index contributed by atoms with van der Waals surface area (Å²) in [6.45, 7) is 5.05. The average Bonchev–Trinajstić information content (AvgIpc) is 2.10. The van der Waals surface area contributed by atoms with Crippen molar-refractivity contribution < 1.29 is 9.90 Å². The second-order valence-electron chi connectivity index (χ2n) is 5.34. The van der Waals surface area contributed by atoms with Crippen molar-refractivity contribution in [3.63, 3.8) is 0 Å². The van der Waals surface area contributed by atoms with Crippen LogP contribution in [0.15, 0.2) is 0 Å². The van der Waals surface area contributed by atoms with Crippen molar-refractivity contribution >= 4 is 5.91 Å². The van der Waals surface area contributed by atoms with E-state index < -0.39 is 0 Å². The van der Waals surface area contributed by atoms with Gasteiger partial charge < -0.3 is 10.4 Å². The van der Waals surface area contributed by atoms with Gasteiger partial charge in [0, 0.05) is 19.1 Å². The third-order valence-electron chi connectivity index (χ3n) is 3.23. The Labute approximate surface area is 92.3 Å². The minimum absolute atomic E-state index is 0.0127. The lowest BCUT2D eigenvalue weighted by atomic mass is 9.84. The second kappa shape index (κ2) is 5.50. The molecular formula is C12H23NO2. The molecule has 1 aliphatic carbocycles. The Balaban J connectivity index is 2.03. The molecule has 88 valence electrons. The zero-order valence-electron chi connectivity index (χ0n) is 9.88. The largest absolute Gasteiger partial charge is 0.396 e. The molecule has 15 heavy (non-hydrogen) atoms. The number of hydrogen-bond donors (Lipinski definition) is 2. The topological polar surface area (TPSA) is 49.3 Å². The zero-order valence-corrected chi connectivity index (χ0v) is 9.88. The summed E-state index contributed by atoms with van der Waals surface area (Å²) < 4.78 is 0. The van der Waals surface area contributed by atoms with Crippen LogP contribution in [0.5, 0.6) is 0 Å². The molecule has 1 amide bonds. The van der Waals surface area contributed by atoms with Crippen LogP contribution >= 0.6 is 0 Å². The summed E-state index contributed by atoms with van der Waals surface area (Å²) in [5.74, 6) is 0.513. The molecule has 1 aliphatic rings. The predicted molar refractivity (Wildman–Crippen MR) is 60.5 cm³/mol. The number of amides is 1. The first-order chi connectivity index (χ1) is 7.05. The summed E-state index contributed by atoms with van der Waals surface area (Å²) in [5.41, 5.74) is -0.0127. The minimum atomic E-state index is -0.0127. The van der Waals surface area contributed by atoms with Gasteiger partial charge in [-0.25, -0.2) is 0 Å². The number of aliphatic hydroxyl groups excluding tert-OH is 1. The molecule has 0 saturated heterocycles. The van der Waals surface area contributed by atoms with E-state index >= 15 is 0 Å². The van der Waals surface area contributed by atoms with E-state index in [1.165, 1.54) is 6.42 Å². The molecule has 0 atom stereocenters. The fourth-order valence-corrected chi connectivity index (χ4v) is 1.67. The van der Waals surface area contributed by atoms with Gasteiger partial charge in [-0.05, 0) is 31.1 Å². The van der Waals surface area contributed by atoms with E-state index in [-0.39, 0.29) is 23.8 Å². The molecule has 0 aromatic rings. The van der Waals surface area contributed by atoms with Crippen LogP contribution in [0.2, 0.25) is 0 Å². The molecule has 0 aliphatic heterocycles. The molecule has 2 N–H and O–H groups in total. The maximum Gasteiger partial charge on any atom is 0.223 e. The van der Waals surface area contributed by atoms with Crippen LogP contribution in [0, 0.1) is 11.3 Å². The molecule has 1 fully saturated rings. The third kappa shape index (κ3) is 4.20. The number of aliphatic hydroxyl groups is 1. The Hall–Kier alpha value is -0.570. The van der Waals surface area contributed by atoms with Crippen LogP contribution < -0.4 is 5.32 Å². The highest BCUT2D eigenvalue weighted by Crippen LogP contribution is 2.26. The van der Waals surface area contributed by atoms with E-state index in [1.54, 1.807) is 0 Å². The van der Waals surface area contributed by atoms with Crippen molar-refractivity contribution in [1.82, 2.24) is 5.32 Å². The highest BCUT2D eigenvalue weighted by molar-refractivity contribution is 5.79. The van der Waals surface area contributed by atoms with Crippen LogP contribution in [0.3, 0.4) is 0 Å². The van der Waals surface area contributed by atoms with Gasteiger partial charge >= 0.3 is 0 Å². The molecule has 0 bridgehead atoms. The SMILES string of the molecule is CC(C)(CO)CCCNC(=O)C1CCC1. The van der Waals surface area contributed by atoms with Crippen molar-refractivity contribution in [2.24, 2.45) is 11.3 Å². The molecule has 0 aromatic heterocycles. The smallest absolute Gasteiger partial charge is 0.223 e. The molecular weight excluding hydrogens is 190 g/mol. The summed E-state index contributed by atoms with van der Waals surface area (Å²) in [7, 11) is 0. The summed E-state index contributed by atoms with van der Waals surface area (Å²) >= 11 is 0. The van der Waals surface area contributed by atoms with Crippen LogP contribution in [-0.2, 0) is 4.79 Å². The lowest BCUT2D eigenvalue weighted by molar-refractivity contribution is -0.127. The molecule has 1 rings (SSSR count). The average molecular weight is 213 g/mol. The van der Waals surface area contributed by atoms with E-state index in [1.807, 2.05) is 13.8 Å². The predicted octanol–water partition coefficient (Wildman–Crippen LogP) is 1.70. The normalized spacial score (nSPS) is 17.3. The van der Waals surface area contributed by atoms with Crippen LogP contribution in [0.1, 0.15) is 46.0 Å². The maximum atomic E-state index is 11.5. The van der Waals surface area contributed by atoms with E-state index in [4.69, 9.17) is 5.11 Å². The monoisotopic (exact) mass is 213 g/mol. The fourth-order valence-electron chi connectivity index (χ4n) is 1.67. The Morgan fingerprint density at radius 3 is 2.60 bits per heavy atom. The maximum absolute atomic E-state index is 11.5. The molecule has 0 unspecified atom stereocenters. The number of carbonyl (C=O) groups excluding carboxylic acids is 1. The van der Waals surface area contributed by atoms with E-state index in [9.17, 15) is 4.79 Å². The number of hydrogen-bond acceptors (Lipinski definition) is 2. The lowest BCUT2D eigenvalue weighted by Crippen LogP contribution is -2.35. The standard InChI is InChI=1S/C12H23NO2/c1-12(2,9-14)7-4-8-13-11(15)10-5-3-6-10/h10,14H,3-9H2,1-2H3,(H,13,15). The van der Waals surface area contributed by atoms with Gasteiger partial charge in [0.15, 0.2) is 0 Å². The summed E-state index contributed by atoms with van der Waals surface area (Å²) in [6.07, 6.45) is 5.23. The van der Waals surface area contributed by atoms with E-state index in [2.05, 4.69) is 5.32 Å². The zero-order chi connectivity index (χ0) is 11.3. The Bertz CT molecular complexity index is 210. The van der Waals surface area contributed by atoms with Crippen LogP contribution in [-0.4, -0.2) is 24.2 Å². The molecule has 3 heteroatoms. The van der Waals surface area contributed by atoms with Crippen molar-refractivity contribution in [1.29, 1.82) is 0 Å². The Morgan fingerprint density at radius 1 is 1.47 bits per heavy atom. The van der Waals surface area contributed by atoms with Crippen LogP contribution in [0.4, 0.5) is 0 Å². The molecule has 0 heterocycles. The summed E-state index contributed by atoms with van der Waals surface area (Å²) in [6, 6.07) is 0. The fraction of sp³-hybridized carbons (Fsp3) is 0.917. The van der Waals surface area contributed by atoms with Gasteiger partial charge in [0.25, 0.3) is 0 Å². The quantitative estimate of drug-likeness (QED) is 0.660. The Kier molecular flexibility index (Phi) is 4.58. The van der Waals surface area contributed by atoms with E-state index in [0.29, 0.717) is 0 Å². The van der Waals surface area contributed by atoms with Crippen molar-refractivity contribution in [2.75, 3.05) is 13.2 Å². The molecule has 0 radical (unpaired) electrons. The number of carbonyl (C=O) groups is 1. The van der Waals surface area contributed by atoms with Gasteiger partial charge in [-0.3, -0.25) is 4.79 Å². The van der Waals surface area contributed by atoms with Crippen molar-refractivity contribution in [2.45, 2.75) is 46.0 Å². The second-order valence-corrected chi connectivity index (χ2v) is 5.34. The van der Waals surface area contributed by atoms with Crippen molar-refractivity contribution in [3.05, 3.63) is 0 Å². The molecule has 1 saturated carbocycles. The molecule has 3 nitrogen and oxygen atoms in total. The van der Waals surface area contributed by atoms with E-state index in [0.717, 1.165) is 32.2 Å². The highest BCUT2D eigenvalue weighted by Gasteiger charge is 2.24. The molecule has 0 aromatic carbocycles. The highest BCUT2D eigenvalue weighted by atomic mass is 16.3. The first-order valence-electron chi connectivity index (χ1n) is 5.94. The summed E-state index contributed by atoms with van der Waals surface area (Å²) in [4.78, 5) is 11.5. The molecule has 0 spiro atoms. The Morgan fingerprint density at radius 2 is 2.13 bits per heavy atom. The first-order valence-corrected chi connectivity index (χ1v) is 5.94. The number of rotatable bonds is 6.